The molecule has 0 spiro atoms. The van der Waals surface area contributed by atoms with E-state index in [1.54, 1.807) is 0 Å². The van der Waals surface area contributed by atoms with Gasteiger partial charge < -0.3 is 14.6 Å². The standard InChI is InChI=1S/C15H11F2NO4S/c1-22-15(21)10-6-12(17)13(7-11(10)16)18-23-9-4-2-8(3-5-9)14(19)20/h2-7,18H,1H3,(H,19,20). The van der Waals surface area contributed by atoms with Crippen molar-refractivity contribution in [2.75, 3.05) is 11.8 Å². The quantitative estimate of drug-likeness (QED) is 0.641. The van der Waals surface area contributed by atoms with Crippen LogP contribution in [0.25, 0.3) is 0 Å². The van der Waals surface area contributed by atoms with Crippen molar-refractivity contribution in [1.29, 1.82) is 0 Å². The first-order valence-corrected chi connectivity index (χ1v) is 7.07. The van der Waals surface area contributed by atoms with Gasteiger partial charge in [-0.3, -0.25) is 0 Å². The molecule has 0 saturated heterocycles. The maximum absolute atomic E-state index is 13.9. The highest BCUT2D eigenvalue weighted by Crippen LogP contribution is 2.26. The van der Waals surface area contributed by atoms with E-state index in [1.165, 1.54) is 24.3 Å². The smallest absolute Gasteiger partial charge is 0.340 e. The van der Waals surface area contributed by atoms with Crippen LogP contribution in [0.1, 0.15) is 20.7 Å². The first kappa shape index (κ1) is 16.8. The molecule has 0 saturated carbocycles. The van der Waals surface area contributed by atoms with Crippen LogP contribution in [0.4, 0.5) is 14.5 Å². The molecule has 8 heteroatoms. The first-order chi connectivity index (χ1) is 10.9. The molecule has 0 atom stereocenters. The Morgan fingerprint density at radius 3 is 2.35 bits per heavy atom. The molecule has 23 heavy (non-hydrogen) atoms. The summed E-state index contributed by atoms with van der Waals surface area (Å²) in [7, 11) is 1.07. The summed E-state index contributed by atoms with van der Waals surface area (Å²) in [6.45, 7) is 0. The fourth-order valence-electron chi connectivity index (χ4n) is 1.67. The number of methoxy groups -OCH3 is 1. The Balaban J connectivity index is 2.13. The van der Waals surface area contributed by atoms with E-state index in [9.17, 15) is 18.4 Å². The van der Waals surface area contributed by atoms with Gasteiger partial charge in [0, 0.05) is 11.0 Å². The van der Waals surface area contributed by atoms with Crippen LogP contribution < -0.4 is 4.72 Å². The van der Waals surface area contributed by atoms with Crippen LogP contribution in [0.15, 0.2) is 41.3 Å². The molecule has 2 aromatic carbocycles. The third-order valence-electron chi connectivity index (χ3n) is 2.84. The lowest BCUT2D eigenvalue weighted by Crippen LogP contribution is -2.06. The summed E-state index contributed by atoms with van der Waals surface area (Å²) in [6, 6.07) is 7.43. The minimum absolute atomic E-state index is 0.119. The molecule has 0 aliphatic heterocycles. The average molecular weight is 339 g/mol. The molecule has 0 aliphatic carbocycles. The van der Waals surface area contributed by atoms with Crippen molar-refractivity contribution in [3.8, 4) is 0 Å². The summed E-state index contributed by atoms with van der Waals surface area (Å²) in [5.41, 5.74) is -0.525. The maximum atomic E-state index is 13.9. The molecule has 0 aromatic heterocycles. The van der Waals surface area contributed by atoms with E-state index in [0.29, 0.717) is 4.90 Å². The Morgan fingerprint density at radius 2 is 1.78 bits per heavy atom. The Hall–Kier alpha value is -2.61. The van der Waals surface area contributed by atoms with Gasteiger partial charge in [0.25, 0.3) is 0 Å². The van der Waals surface area contributed by atoms with E-state index in [0.717, 1.165) is 31.2 Å². The van der Waals surface area contributed by atoms with E-state index < -0.39 is 29.1 Å². The summed E-state index contributed by atoms with van der Waals surface area (Å²) in [4.78, 5) is 22.6. The highest BCUT2D eigenvalue weighted by Gasteiger charge is 2.16. The number of esters is 1. The van der Waals surface area contributed by atoms with Gasteiger partial charge in [0.05, 0.1) is 23.9 Å². The predicted molar refractivity (Wildman–Crippen MR) is 80.6 cm³/mol. The lowest BCUT2D eigenvalue weighted by Gasteiger charge is -2.09. The van der Waals surface area contributed by atoms with Crippen molar-refractivity contribution in [3.63, 3.8) is 0 Å². The molecular weight excluding hydrogens is 328 g/mol. The summed E-state index contributed by atoms with van der Waals surface area (Å²) >= 11 is 0.971. The molecule has 120 valence electrons. The molecule has 0 aliphatic rings. The molecule has 0 fully saturated rings. The van der Waals surface area contributed by atoms with Crippen LogP contribution in [-0.4, -0.2) is 24.2 Å². The first-order valence-electron chi connectivity index (χ1n) is 6.26. The number of rotatable bonds is 5. The monoisotopic (exact) mass is 339 g/mol. The lowest BCUT2D eigenvalue weighted by atomic mass is 10.2. The predicted octanol–water partition coefficient (Wildman–Crippen LogP) is 3.57. The fraction of sp³-hybridized carbons (Fsp3) is 0.0667. The molecule has 0 unspecified atom stereocenters. The number of anilines is 1. The Labute approximate surface area is 134 Å². The second-order valence-corrected chi connectivity index (χ2v) is 5.22. The van der Waals surface area contributed by atoms with E-state index in [1.807, 2.05) is 0 Å². The topological polar surface area (TPSA) is 75.6 Å². The summed E-state index contributed by atoms with van der Waals surface area (Å²) in [5, 5.41) is 8.79. The van der Waals surface area contributed by atoms with Crippen LogP contribution in [0.5, 0.6) is 0 Å². The third-order valence-corrected chi connectivity index (χ3v) is 3.67. The van der Waals surface area contributed by atoms with Gasteiger partial charge in [-0.2, -0.15) is 0 Å². The normalized spacial score (nSPS) is 10.2. The SMILES string of the molecule is COC(=O)c1cc(F)c(NSc2ccc(C(=O)O)cc2)cc1F. The van der Waals surface area contributed by atoms with E-state index in [4.69, 9.17) is 5.11 Å². The highest BCUT2D eigenvalue weighted by atomic mass is 32.2. The zero-order valence-corrected chi connectivity index (χ0v) is 12.6. The van der Waals surface area contributed by atoms with Crippen molar-refractivity contribution in [2.24, 2.45) is 0 Å². The molecule has 2 rings (SSSR count). The number of hydrogen-bond acceptors (Lipinski definition) is 5. The van der Waals surface area contributed by atoms with E-state index >= 15 is 0 Å². The van der Waals surface area contributed by atoms with Crippen LogP contribution in [0.3, 0.4) is 0 Å². The van der Waals surface area contributed by atoms with Gasteiger partial charge in [0.15, 0.2) is 0 Å². The molecule has 2 N–H and O–H groups in total. The number of nitrogens with one attached hydrogen (secondary N) is 1. The van der Waals surface area contributed by atoms with Crippen molar-refractivity contribution >= 4 is 29.6 Å². The van der Waals surface area contributed by atoms with Crippen molar-refractivity contribution < 1.29 is 28.2 Å². The highest BCUT2D eigenvalue weighted by molar-refractivity contribution is 8.00. The zero-order chi connectivity index (χ0) is 17.0. The second kappa shape index (κ2) is 7.10. The molecule has 0 amide bonds. The Morgan fingerprint density at radius 1 is 1.13 bits per heavy atom. The summed E-state index contributed by atoms with van der Waals surface area (Å²) in [5.74, 6) is -3.75. The molecule has 0 radical (unpaired) electrons. The van der Waals surface area contributed by atoms with Crippen molar-refractivity contribution in [3.05, 3.63) is 59.2 Å². The van der Waals surface area contributed by atoms with Gasteiger partial charge in [0.2, 0.25) is 0 Å². The fourth-order valence-corrected chi connectivity index (χ4v) is 2.33. The van der Waals surface area contributed by atoms with Gasteiger partial charge >= 0.3 is 11.9 Å². The molecule has 0 bridgehead atoms. The van der Waals surface area contributed by atoms with Gasteiger partial charge in [-0.15, -0.1) is 0 Å². The van der Waals surface area contributed by atoms with E-state index in [2.05, 4.69) is 9.46 Å². The maximum Gasteiger partial charge on any atom is 0.340 e. The summed E-state index contributed by atoms with van der Waals surface area (Å²) < 4.78 is 34.6. The number of carbonyl (C=O) groups is 2. The number of benzene rings is 2. The summed E-state index contributed by atoms with van der Waals surface area (Å²) in [6.07, 6.45) is 0. The largest absolute Gasteiger partial charge is 0.478 e. The van der Waals surface area contributed by atoms with Crippen LogP contribution in [0, 0.1) is 11.6 Å². The number of halogens is 2. The Bertz CT molecular complexity index is 750. The average Bonchev–Trinajstić information content (AvgIpc) is 2.54. The molecular formula is C15H11F2NO4S. The van der Waals surface area contributed by atoms with E-state index in [-0.39, 0.29) is 11.3 Å². The van der Waals surface area contributed by atoms with Crippen LogP contribution in [-0.2, 0) is 4.74 Å². The number of carbonyl (C=O) groups excluding carboxylic acids is 1. The Kier molecular flexibility index (Phi) is 5.17. The molecule has 5 nitrogen and oxygen atoms in total. The second-order valence-electron chi connectivity index (χ2n) is 4.34. The van der Waals surface area contributed by atoms with Crippen molar-refractivity contribution in [2.45, 2.75) is 4.90 Å². The minimum atomic E-state index is -1.05. The molecule has 2 aromatic rings. The van der Waals surface area contributed by atoms with Crippen molar-refractivity contribution in [1.82, 2.24) is 0 Å². The number of carboxylic acids is 1. The number of ether oxygens (including phenoxy) is 1. The lowest BCUT2D eigenvalue weighted by molar-refractivity contribution is 0.0594. The number of carboxylic acid groups (broad SMARTS) is 1. The minimum Gasteiger partial charge on any atom is -0.478 e. The van der Waals surface area contributed by atoms with Crippen LogP contribution >= 0.6 is 11.9 Å². The third kappa shape index (κ3) is 3.98. The van der Waals surface area contributed by atoms with Gasteiger partial charge in [-0.25, -0.2) is 18.4 Å². The molecule has 0 heterocycles. The van der Waals surface area contributed by atoms with Crippen LogP contribution in [0.2, 0.25) is 0 Å². The zero-order valence-electron chi connectivity index (χ0n) is 11.8. The number of aromatic carboxylic acids is 1. The van der Waals surface area contributed by atoms with Gasteiger partial charge in [-0.1, -0.05) is 0 Å². The van der Waals surface area contributed by atoms with Gasteiger partial charge in [0.1, 0.15) is 11.6 Å². The number of hydrogen-bond donors (Lipinski definition) is 2. The van der Waals surface area contributed by atoms with Gasteiger partial charge in [-0.05, 0) is 42.3 Å².